The highest BCUT2D eigenvalue weighted by molar-refractivity contribution is 8.00. The standard InChI is InChI=1S/C16H22N2O3S/c1-11(22-14-4-2-3-9-17-14)15(19)18-10-12-5-7-13(8-6-12)16(20)21/h2-4,9,11-13H,5-8,10H2,1H3,(H,18,19)(H,20,21). The number of rotatable bonds is 6. The fourth-order valence-electron chi connectivity index (χ4n) is 2.65. The average Bonchev–Trinajstić information content (AvgIpc) is 2.53. The van der Waals surface area contributed by atoms with Gasteiger partial charge < -0.3 is 10.4 Å². The number of carbonyl (C=O) groups excluding carboxylic acids is 1. The highest BCUT2D eigenvalue weighted by atomic mass is 32.2. The van der Waals surface area contributed by atoms with Crippen LogP contribution in [0.25, 0.3) is 0 Å². The molecule has 0 bridgehead atoms. The van der Waals surface area contributed by atoms with Crippen LogP contribution in [0.4, 0.5) is 0 Å². The summed E-state index contributed by atoms with van der Waals surface area (Å²) in [6.07, 6.45) is 4.90. The van der Waals surface area contributed by atoms with E-state index in [1.807, 2.05) is 25.1 Å². The van der Waals surface area contributed by atoms with Gasteiger partial charge in [0.25, 0.3) is 0 Å². The molecule has 120 valence electrons. The molecule has 0 radical (unpaired) electrons. The summed E-state index contributed by atoms with van der Waals surface area (Å²) in [5.74, 6) is -0.490. The van der Waals surface area contributed by atoms with E-state index in [2.05, 4.69) is 10.3 Å². The van der Waals surface area contributed by atoms with Gasteiger partial charge in [0.1, 0.15) is 0 Å². The molecule has 1 fully saturated rings. The van der Waals surface area contributed by atoms with Gasteiger partial charge >= 0.3 is 5.97 Å². The lowest BCUT2D eigenvalue weighted by atomic mass is 9.82. The molecule has 2 rings (SSSR count). The number of amides is 1. The number of thioether (sulfide) groups is 1. The van der Waals surface area contributed by atoms with E-state index >= 15 is 0 Å². The Labute approximate surface area is 134 Å². The normalized spacial score (nSPS) is 22.8. The van der Waals surface area contributed by atoms with E-state index in [4.69, 9.17) is 5.11 Å². The molecule has 1 heterocycles. The molecule has 1 amide bonds. The van der Waals surface area contributed by atoms with Gasteiger partial charge in [-0.05, 0) is 50.7 Å². The molecule has 0 saturated heterocycles. The molecule has 0 aromatic carbocycles. The lowest BCUT2D eigenvalue weighted by Gasteiger charge is -2.26. The molecular weight excluding hydrogens is 300 g/mol. The molecule has 22 heavy (non-hydrogen) atoms. The van der Waals surface area contributed by atoms with Gasteiger partial charge in [0.2, 0.25) is 5.91 Å². The number of carbonyl (C=O) groups is 2. The zero-order chi connectivity index (χ0) is 15.9. The second-order valence-electron chi connectivity index (χ2n) is 5.73. The molecule has 1 unspecified atom stereocenters. The Hall–Kier alpha value is -1.56. The molecule has 1 aliphatic carbocycles. The summed E-state index contributed by atoms with van der Waals surface area (Å²) in [6.45, 7) is 2.51. The van der Waals surface area contributed by atoms with Crippen molar-refractivity contribution in [3.05, 3.63) is 24.4 Å². The van der Waals surface area contributed by atoms with E-state index in [0.717, 1.165) is 17.9 Å². The maximum Gasteiger partial charge on any atom is 0.306 e. The van der Waals surface area contributed by atoms with Gasteiger partial charge in [0, 0.05) is 12.7 Å². The predicted molar refractivity (Wildman–Crippen MR) is 85.6 cm³/mol. The van der Waals surface area contributed by atoms with Crippen LogP contribution >= 0.6 is 11.8 Å². The number of hydrogen-bond acceptors (Lipinski definition) is 4. The Kier molecular flexibility index (Phi) is 6.24. The van der Waals surface area contributed by atoms with Crippen molar-refractivity contribution in [2.45, 2.75) is 42.9 Å². The molecule has 1 saturated carbocycles. The summed E-state index contributed by atoms with van der Waals surface area (Å²) in [7, 11) is 0. The van der Waals surface area contributed by atoms with Crippen LogP contribution in [0.15, 0.2) is 29.4 Å². The summed E-state index contributed by atoms with van der Waals surface area (Å²) in [5.41, 5.74) is 0. The maximum absolute atomic E-state index is 12.1. The largest absolute Gasteiger partial charge is 0.481 e. The third-order valence-electron chi connectivity index (χ3n) is 4.07. The maximum atomic E-state index is 12.1. The Bertz CT molecular complexity index is 501. The van der Waals surface area contributed by atoms with Crippen LogP contribution in [0.1, 0.15) is 32.6 Å². The van der Waals surface area contributed by atoms with Crippen molar-refractivity contribution in [1.29, 1.82) is 0 Å². The highest BCUT2D eigenvalue weighted by Crippen LogP contribution is 2.28. The molecule has 0 aliphatic heterocycles. The van der Waals surface area contributed by atoms with Crippen LogP contribution in [0.5, 0.6) is 0 Å². The highest BCUT2D eigenvalue weighted by Gasteiger charge is 2.26. The van der Waals surface area contributed by atoms with Crippen LogP contribution < -0.4 is 5.32 Å². The third kappa shape index (κ3) is 5.02. The number of nitrogens with one attached hydrogen (secondary N) is 1. The van der Waals surface area contributed by atoms with Gasteiger partial charge in [-0.2, -0.15) is 0 Å². The molecule has 2 N–H and O–H groups in total. The molecule has 1 atom stereocenters. The van der Waals surface area contributed by atoms with Crippen molar-refractivity contribution < 1.29 is 14.7 Å². The first-order valence-corrected chi connectivity index (χ1v) is 8.52. The van der Waals surface area contributed by atoms with Crippen LogP contribution in [-0.2, 0) is 9.59 Å². The van der Waals surface area contributed by atoms with Gasteiger partial charge in [0.05, 0.1) is 16.2 Å². The first-order chi connectivity index (χ1) is 10.6. The summed E-state index contributed by atoms with van der Waals surface area (Å²) in [5, 5.41) is 12.6. The molecule has 1 aromatic rings. The quantitative estimate of drug-likeness (QED) is 0.787. The zero-order valence-electron chi connectivity index (χ0n) is 12.7. The molecule has 1 aliphatic rings. The topological polar surface area (TPSA) is 79.3 Å². The van der Waals surface area contributed by atoms with E-state index in [-0.39, 0.29) is 17.1 Å². The van der Waals surface area contributed by atoms with E-state index in [0.29, 0.717) is 25.3 Å². The van der Waals surface area contributed by atoms with E-state index in [9.17, 15) is 9.59 Å². The fraction of sp³-hybridized carbons (Fsp3) is 0.562. The minimum atomic E-state index is -0.692. The Morgan fingerprint density at radius 2 is 2.09 bits per heavy atom. The van der Waals surface area contributed by atoms with Crippen molar-refractivity contribution in [2.24, 2.45) is 11.8 Å². The summed E-state index contributed by atoms with van der Waals surface area (Å²) >= 11 is 1.44. The Balaban J connectivity index is 1.70. The number of carboxylic acids is 1. The molecular formula is C16H22N2O3S. The summed E-state index contributed by atoms with van der Waals surface area (Å²) < 4.78 is 0. The smallest absolute Gasteiger partial charge is 0.306 e. The first kappa shape index (κ1) is 16.8. The number of aliphatic carboxylic acids is 1. The number of pyridine rings is 1. The average molecular weight is 322 g/mol. The van der Waals surface area contributed by atoms with Crippen LogP contribution in [0, 0.1) is 11.8 Å². The van der Waals surface area contributed by atoms with Crippen molar-refractivity contribution in [3.63, 3.8) is 0 Å². The summed E-state index contributed by atoms with van der Waals surface area (Å²) in [4.78, 5) is 27.2. The number of hydrogen-bond donors (Lipinski definition) is 2. The third-order valence-corrected chi connectivity index (χ3v) is 5.12. The number of aromatic nitrogens is 1. The van der Waals surface area contributed by atoms with Gasteiger partial charge in [-0.15, -0.1) is 0 Å². The van der Waals surface area contributed by atoms with Crippen molar-refractivity contribution in [2.75, 3.05) is 6.54 Å². The molecule has 0 spiro atoms. The van der Waals surface area contributed by atoms with Crippen LogP contribution in [0.3, 0.4) is 0 Å². The van der Waals surface area contributed by atoms with E-state index in [1.54, 1.807) is 6.20 Å². The monoisotopic (exact) mass is 322 g/mol. The molecule has 1 aromatic heterocycles. The first-order valence-electron chi connectivity index (χ1n) is 7.64. The minimum Gasteiger partial charge on any atom is -0.481 e. The van der Waals surface area contributed by atoms with Gasteiger partial charge in [-0.1, -0.05) is 17.8 Å². The van der Waals surface area contributed by atoms with Gasteiger partial charge in [-0.25, -0.2) is 4.98 Å². The SMILES string of the molecule is CC(Sc1ccccn1)C(=O)NCC1CCC(C(=O)O)CC1. The molecule has 6 heteroatoms. The second-order valence-corrected chi connectivity index (χ2v) is 7.09. The second kappa shape index (κ2) is 8.17. The fourth-order valence-corrected chi connectivity index (χ4v) is 3.49. The van der Waals surface area contributed by atoms with Crippen molar-refractivity contribution in [1.82, 2.24) is 10.3 Å². The molecule has 5 nitrogen and oxygen atoms in total. The number of nitrogens with zero attached hydrogens (tertiary/aromatic N) is 1. The zero-order valence-corrected chi connectivity index (χ0v) is 13.5. The summed E-state index contributed by atoms with van der Waals surface area (Å²) in [6, 6.07) is 5.64. The van der Waals surface area contributed by atoms with Gasteiger partial charge in [0.15, 0.2) is 0 Å². The Morgan fingerprint density at radius 3 is 2.68 bits per heavy atom. The van der Waals surface area contributed by atoms with E-state index < -0.39 is 5.97 Å². The van der Waals surface area contributed by atoms with Crippen LogP contribution in [-0.4, -0.2) is 33.8 Å². The van der Waals surface area contributed by atoms with Gasteiger partial charge in [-0.3, -0.25) is 9.59 Å². The minimum absolute atomic E-state index is 0.0102. The lowest BCUT2D eigenvalue weighted by molar-refractivity contribution is -0.143. The van der Waals surface area contributed by atoms with Crippen LogP contribution in [0.2, 0.25) is 0 Å². The number of carboxylic acid groups (broad SMARTS) is 1. The van der Waals surface area contributed by atoms with Crippen molar-refractivity contribution >= 4 is 23.6 Å². The predicted octanol–water partition coefficient (Wildman–Crippen LogP) is 2.57. The van der Waals surface area contributed by atoms with E-state index in [1.165, 1.54) is 11.8 Å². The lowest BCUT2D eigenvalue weighted by Crippen LogP contribution is -2.36. The van der Waals surface area contributed by atoms with Crippen molar-refractivity contribution in [3.8, 4) is 0 Å². The Morgan fingerprint density at radius 1 is 1.36 bits per heavy atom.